The topological polar surface area (TPSA) is 34.1 Å². The summed E-state index contributed by atoms with van der Waals surface area (Å²) in [5.41, 5.74) is 1.06. The Morgan fingerprint density at radius 3 is 2.40 bits per heavy atom. The van der Waals surface area contributed by atoms with Crippen LogP contribution in [-0.2, 0) is 9.84 Å². The first-order valence-electron chi connectivity index (χ1n) is 4.53. The van der Waals surface area contributed by atoms with Gasteiger partial charge in [0.2, 0.25) is 0 Å². The summed E-state index contributed by atoms with van der Waals surface area (Å²) in [6, 6.07) is 6.92. The molecule has 0 aliphatic carbocycles. The minimum Gasteiger partial charge on any atom is -0.223 e. The molecule has 0 heterocycles. The molecule has 0 aliphatic heterocycles. The fourth-order valence-electron chi connectivity index (χ4n) is 1.10. The minimum absolute atomic E-state index is 0.0664. The quantitative estimate of drug-likeness (QED) is 0.814. The molecule has 0 aliphatic rings. The van der Waals surface area contributed by atoms with Gasteiger partial charge in [-0.2, -0.15) is 0 Å². The van der Waals surface area contributed by atoms with Crippen molar-refractivity contribution in [1.29, 1.82) is 0 Å². The van der Waals surface area contributed by atoms with Crippen LogP contribution >= 0.6 is 11.8 Å². The van der Waals surface area contributed by atoms with Crippen LogP contribution < -0.4 is 0 Å². The third-order valence-electron chi connectivity index (χ3n) is 1.93. The van der Waals surface area contributed by atoms with E-state index in [4.69, 9.17) is 0 Å². The SMILES string of the molecule is CS/C=C/CS(=O)(=O)c1ccc(C)cc1. The second-order valence-corrected chi connectivity index (χ2v) is 5.98. The molecule has 1 aromatic rings. The van der Waals surface area contributed by atoms with Crippen LogP contribution in [0, 0.1) is 6.92 Å². The molecule has 0 unspecified atom stereocenters. The average molecular weight is 242 g/mol. The highest BCUT2D eigenvalue weighted by molar-refractivity contribution is 8.01. The van der Waals surface area contributed by atoms with Crippen molar-refractivity contribution >= 4 is 21.6 Å². The summed E-state index contributed by atoms with van der Waals surface area (Å²) < 4.78 is 23.5. The molecular weight excluding hydrogens is 228 g/mol. The Kier molecular flexibility index (Phi) is 4.42. The van der Waals surface area contributed by atoms with E-state index in [1.165, 1.54) is 11.8 Å². The summed E-state index contributed by atoms with van der Waals surface area (Å²) in [7, 11) is -3.15. The van der Waals surface area contributed by atoms with E-state index >= 15 is 0 Å². The lowest BCUT2D eigenvalue weighted by Crippen LogP contribution is -2.04. The van der Waals surface area contributed by atoms with Gasteiger partial charge in [-0.15, -0.1) is 11.8 Å². The number of benzene rings is 1. The molecule has 0 fully saturated rings. The molecule has 0 spiro atoms. The molecule has 0 bridgehead atoms. The number of hydrogen-bond acceptors (Lipinski definition) is 3. The van der Waals surface area contributed by atoms with Gasteiger partial charge < -0.3 is 0 Å². The molecule has 0 N–H and O–H groups in total. The van der Waals surface area contributed by atoms with E-state index in [-0.39, 0.29) is 5.75 Å². The van der Waals surface area contributed by atoms with Gasteiger partial charge in [-0.25, -0.2) is 8.42 Å². The molecule has 0 aromatic heterocycles. The van der Waals surface area contributed by atoms with E-state index in [1.807, 2.05) is 25.3 Å². The van der Waals surface area contributed by atoms with Crippen LogP contribution in [0.5, 0.6) is 0 Å². The number of rotatable bonds is 4. The van der Waals surface area contributed by atoms with E-state index < -0.39 is 9.84 Å². The normalized spacial score (nSPS) is 12.1. The monoisotopic (exact) mass is 242 g/mol. The molecule has 15 heavy (non-hydrogen) atoms. The van der Waals surface area contributed by atoms with Gasteiger partial charge in [0.25, 0.3) is 0 Å². The Morgan fingerprint density at radius 2 is 1.87 bits per heavy atom. The van der Waals surface area contributed by atoms with Gasteiger partial charge in [0.05, 0.1) is 10.6 Å². The van der Waals surface area contributed by atoms with Gasteiger partial charge in [0.15, 0.2) is 9.84 Å². The maximum absolute atomic E-state index is 11.8. The van der Waals surface area contributed by atoms with E-state index in [0.717, 1.165) is 5.56 Å². The molecule has 0 radical (unpaired) electrons. The summed E-state index contributed by atoms with van der Waals surface area (Å²) in [5.74, 6) is 0.0664. The molecular formula is C11H14O2S2. The van der Waals surface area contributed by atoms with Crippen molar-refractivity contribution in [1.82, 2.24) is 0 Å². The maximum Gasteiger partial charge on any atom is 0.181 e. The van der Waals surface area contributed by atoms with Gasteiger partial charge in [-0.3, -0.25) is 0 Å². The Hall–Kier alpha value is -0.740. The molecule has 0 atom stereocenters. The number of hydrogen-bond donors (Lipinski definition) is 0. The van der Waals surface area contributed by atoms with Crippen LogP contribution in [0.1, 0.15) is 5.56 Å². The first-order valence-corrected chi connectivity index (χ1v) is 7.47. The van der Waals surface area contributed by atoms with Gasteiger partial charge in [-0.1, -0.05) is 23.8 Å². The fraction of sp³-hybridized carbons (Fsp3) is 0.273. The third kappa shape index (κ3) is 3.72. The standard InChI is InChI=1S/C11H14O2S2/c1-10-4-6-11(7-5-10)15(12,13)9-3-8-14-2/h3-8H,9H2,1-2H3/b8-3+. The van der Waals surface area contributed by atoms with Crippen LogP contribution in [0.15, 0.2) is 40.6 Å². The lowest BCUT2D eigenvalue weighted by atomic mass is 10.2. The van der Waals surface area contributed by atoms with Gasteiger partial charge in [0, 0.05) is 0 Å². The number of aryl methyl sites for hydroxylation is 1. The van der Waals surface area contributed by atoms with Crippen molar-refractivity contribution in [2.24, 2.45) is 0 Å². The molecule has 0 amide bonds. The lowest BCUT2D eigenvalue weighted by Gasteiger charge is -2.01. The molecule has 4 heteroatoms. The third-order valence-corrected chi connectivity index (χ3v) is 4.01. The average Bonchev–Trinajstić information content (AvgIpc) is 2.18. The Morgan fingerprint density at radius 1 is 1.27 bits per heavy atom. The zero-order valence-electron chi connectivity index (χ0n) is 8.80. The first-order chi connectivity index (χ1) is 7.06. The van der Waals surface area contributed by atoms with Crippen molar-refractivity contribution in [2.45, 2.75) is 11.8 Å². The zero-order valence-corrected chi connectivity index (χ0v) is 10.4. The predicted octanol–water partition coefficient (Wildman–Crippen LogP) is 2.65. The van der Waals surface area contributed by atoms with Crippen LogP contribution in [0.3, 0.4) is 0 Å². The van der Waals surface area contributed by atoms with E-state index in [9.17, 15) is 8.42 Å². The highest BCUT2D eigenvalue weighted by Crippen LogP contribution is 2.12. The number of sulfone groups is 1. The van der Waals surface area contributed by atoms with Gasteiger partial charge in [0.1, 0.15) is 0 Å². The highest BCUT2D eigenvalue weighted by Gasteiger charge is 2.11. The molecule has 0 saturated carbocycles. The van der Waals surface area contributed by atoms with Crippen molar-refractivity contribution in [2.75, 3.05) is 12.0 Å². The molecule has 1 rings (SSSR count). The molecule has 1 aromatic carbocycles. The van der Waals surface area contributed by atoms with Gasteiger partial charge >= 0.3 is 0 Å². The fourth-order valence-corrected chi connectivity index (χ4v) is 2.61. The van der Waals surface area contributed by atoms with Crippen molar-refractivity contribution < 1.29 is 8.42 Å². The molecule has 0 saturated heterocycles. The van der Waals surface area contributed by atoms with Crippen molar-refractivity contribution in [3.63, 3.8) is 0 Å². The highest BCUT2D eigenvalue weighted by atomic mass is 32.2. The molecule has 2 nitrogen and oxygen atoms in total. The Balaban J connectivity index is 2.87. The lowest BCUT2D eigenvalue weighted by molar-refractivity contribution is 0.599. The number of thioether (sulfide) groups is 1. The second-order valence-electron chi connectivity index (χ2n) is 3.20. The largest absolute Gasteiger partial charge is 0.223 e. The smallest absolute Gasteiger partial charge is 0.181 e. The summed E-state index contributed by atoms with van der Waals surface area (Å²) in [6.07, 6.45) is 3.56. The van der Waals surface area contributed by atoms with Crippen LogP contribution in [0.2, 0.25) is 0 Å². The van der Waals surface area contributed by atoms with Gasteiger partial charge in [-0.05, 0) is 30.7 Å². The van der Waals surface area contributed by atoms with E-state index in [0.29, 0.717) is 4.90 Å². The first kappa shape index (κ1) is 12.3. The summed E-state index contributed by atoms with van der Waals surface area (Å²) in [6.45, 7) is 1.93. The van der Waals surface area contributed by atoms with E-state index in [2.05, 4.69) is 0 Å². The Bertz CT molecular complexity index is 430. The van der Waals surface area contributed by atoms with Crippen molar-refractivity contribution in [3.05, 3.63) is 41.3 Å². The van der Waals surface area contributed by atoms with Crippen molar-refractivity contribution in [3.8, 4) is 0 Å². The summed E-state index contributed by atoms with van der Waals surface area (Å²) in [5, 5.41) is 1.78. The van der Waals surface area contributed by atoms with Crippen LogP contribution in [0.4, 0.5) is 0 Å². The van der Waals surface area contributed by atoms with E-state index in [1.54, 1.807) is 23.6 Å². The summed E-state index contributed by atoms with van der Waals surface area (Å²) >= 11 is 1.49. The zero-order chi connectivity index (χ0) is 11.3. The molecule has 82 valence electrons. The van der Waals surface area contributed by atoms with Crippen LogP contribution in [0.25, 0.3) is 0 Å². The predicted molar refractivity (Wildman–Crippen MR) is 65.9 cm³/mol. The summed E-state index contributed by atoms with van der Waals surface area (Å²) in [4.78, 5) is 0.388. The Labute approximate surface area is 95.3 Å². The second kappa shape index (κ2) is 5.37. The van der Waals surface area contributed by atoms with Crippen LogP contribution in [-0.4, -0.2) is 20.4 Å². The maximum atomic E-state index is 11.8. The minimum atomic E-state index is -3.15.